The van der Waals surface area contributed by atoms with E-state index >= 15 is 0 Å². The van der Waals surface area contributed by atoms with E-state index in [9.17, 15) is 9.59 Å². The van der Waals surface area contributed by atoms with Gasteiger partial charge in [-0.25, -0.2) is 0 Å². The molecule has 2 atom stereocenters. The molecule has 9 heteroatoms. The average Bonchev–Trinajstić information content (AvgIpc) is 2.82. The molecule has 3 rings (SSSR count). The maximum atomic E-state index is 13.7. The van der Waals surface area contributed by atoms with Gasteiger partial charge in [0.25, 0.3) is 5.91 Å². The van der Waals surface area contributed by atoms with Crippen LogP contribution >= 0.6 is 35.0 Å². The number of hydrogen-bond acceptors (Lipinski definition) is 6. The Morgan fingerprint density at radius 1 is 1.16 bits per heavy atom. The summed E-state index contributed by atoms with van der Waals surface area (Å²) in [5.41, 5.74) is 1.48. The van der Waals surface area contributed by atoms with E-state index in [-0.39, 0.29) is 5.91 Å². The van der Waals surface area contributed by atoms with Gasteiger partial charge in [0.05, 0.1) is 28.1 Å². The summed E-state index contributed by atoms with van der Waals surface area (Å²) in [6.07, 6.45) is -1.01. The first-order valence-electron chi connectivity index (χ1n) is 9.64. The van der Waals surface area contributed by atoms with Crippen LogP contribution in [0, 0.1) is 0 Å². The van der Waals surface area contributed by atoms with Crippen LogP contribution in [-0.4, -0.2) is 57.2 Å². The van der Waals surface area contributed by atoms with Gasteiger partial charge in [0.1, 0.15) is 5.75 Å². The van der Waals surface area contributed by atoms with Crippen LogP contribution in [0.2, 0.25) is 10.0 Å². The number of halogens is 2. The van der Waals surface area contributed by atoms with Crippen molar-refractivity contribution in [2.24, 2.45) is 0 Å². The van der Waals surface area contributed by atoms with E-state index in [1.54, 1.807) is 24.1 Å². The molecule has 0 N–H and O–H groups in total. The average molecular weight is 483 g/mol. The summed E-state index contributed by atoms with van der Waals surface area (Å²) in [7, 11) is 5.44. The molecule has 0 bridgehead atoms. The Morgan fingerprint density at radius 3 is 2.39 bits per heavy atom. The van der Waals surface area contributed by atoms with Gasteiger partial charge in [-0.3, -0.25) is 9.59 Å². The maximum absolute atomic E-state index is 13.7. The number of hydrogen-bond donors (Lipinski definition) is 0. The van der Waals surface area contributed by atoms with E-state index in [1.807, 2.05) is 43.3 Å². The molecular weight excluding hydrogens is 459 g/mol. The van der Waals surface area contributed by atoms with Crippen molar-refractivity contribution in [3.63, 3.8) is 0 Å². The van der Waals surface area contributed by atoms with Crippen LogP contribution in [0.25, 0.3) is 0 Å². The lowest BCUT2D eigenvalue weighted by Gasteiger charge is -2.28. The Labute approximate surface area is 196 Å². The summed E-state index contributed by atoms with van der Waals surface area (Å²) < 4.78 is 10.8. The van der Waals surface area contributed by atoms with E-state index in [2.05, 4.69) is 0 Å². The Balaban J connectivity index is 2.13. The van der Waals surface area contributed by atoms with Crippen LogP contribution < -0.4 is 9.64 Å². The van der Waals surface area contributed by atoms with Gasteiger partial charge >= 0.3 is 5.97 Å². The van der Waals surface area contributed by atoms with Crippen molar-refractivity contribution in [3.05, 3.63) is 52.0 Å². The number of fused-ring (bicyclic) bond motifs is 1. The number of nitrogens with zero attached hydrogens (tertiary/aromatic N) is 2. The van der Waals surface area contributed by atoms with Crippen LogP contribution in [0.5, 0.6) is 5.75 Å². The maximum Gasteiger partial charge on any atom is 0.303 e. The molecule has 1 heterocycles. The van der Waals surface area contributed by atoms with Crippen molar-refractivity contribution in [1.82, 2.24) is 4.90 Å². The Hall–Kier alpha value is -1.93. The third kappa shape index (κ3) is 5.47. The van der Waals surface area contributed by atoms with Crippen molar-refractivity contribution in [2.75, 3.05) is 39.2 Å². The first kappa shape index (κ1) is 23.7. The van der Waals surface area contributed by atoms with E-state index in [4.69, 9.17) is 32.7 Å². The number of carbonyl (C=O) groups is 2. The first-order chi connectivity index (χ1) is 14.7. The monoisotopic (exact) mass is 482 g/mol. The van der Waals surface area contributed by atoms with Crippen molar-refractivity contribution >= 4 is 52.5 Å². The number of esters is 1. The smallest absolute Gasteiger partial charge is 0.303 e. The van der Waals surface area contributed by atoms with Crippen molar-refractivity contribution in [2.45, 2.75) is 23.2 Å². The van der Waals surface area contributed by atoms with Gasteiger partial charge in [-0.1, -0.05) is 35.3 Å². The number of methoxy groups -OCH3 is 1. The molecule has 1 aliphatic rings. The Morgan fingerprint density at radius 2 is 1.81 bits per heavy atom. The molecule has 0 radical (unpaired) electrons. The zero-order valence-electron chi connectivity index (χ0n) is 17.7. The predicted molar refractivity (Wildman–Crippen MR) is 125 cm³/mol. The summed E-state index contributed by atoms with van der Waals surface area (Å²) >= 11 is 14.0. The largest absolute Gasteiger partial charge is 0.497 e. The quantitative estimate of drug-likeness (QED) is 0.557. The second kappa shape index (κ2) is 10.1. The zero-order chi connectivity index (χ0) is 22.7. The van der Waals surface area contributed by atoms with Crippen LogP contribution in [0.15, 0.2) is 41.3 Å². The topological polar surface area (TPSA) is 59.1 Å². The minimum atomic E-state index is -1.01. The molecule has 0 spiro atoms. The molecule has 1 unspecified atom stereocenters. The van der Waals surface area contributed by atoms with Crippen molar-refractivity contribution in [1.29, 1.82) is 0 Å². The summed E-state index contributed by atoms with van der Waals surface area (Å²) in [6.45, 7) is 2.33. The summed E-state index contributed by atoms with van der Waals surface area (Å²) in [4.78, 5) is 30.0. The summed E-state index contributed by atoms with van der Waals surface area (Å²) in [5, 5.41) is 0.283. The van der Waals surface area contributed by atoms with Gasteiger partial charge < -0.3 is 19.3 Å². The Kier molecular flexibility index (Phi) is 7.75. The normalized spacial score (nSPS) is 18.5. The predicted octanol–water partition coefficient (Wildman–Crippen LogP) is 4.68. The third-order valence-electron chi connectivity index (χ3n) is 4.84. The number of benzene rings is 2. The number of carbonyl (C=O) groups excluding carboxylic acids is 2. The molecule has 166 valence electrons. The molecule has 0 saturated heterocycles. The molecule has 6 nitrogen and oxygen atoms in total. The second-order valence-corrected chi connectivity index (χ2v) is 9.37. The Bertz CT molecular complexity index is 969. The van der Waals surface area contributed by atoms with Crippen LogP contribution in [0.4, 0.5) is 5.69 Å². The van der Waals surface area contributed by atoms with E-state index in [1.165, 1.54) is 18.7 Å². The number of rotatable bonds is 6. The molecule has 2 aromatic rings. The van der Waals surface area contributed by atoms with Crippen LogP contribution in [-0.2, 0) is 14.3 Å². The molecule has 2 aromatic carbocycles. The standard InChI is InChI=1S/C22H24Cl2N2O4S/c1-13(27)30-20-21(14-5-7-15(29-4)8-6-14)31-19-12-17(24)16(23)11-18(19)26(22(20)28)10-9-25(2)3/h5-8,11-12,20-21H,9-10H2,1-4H3/t20?,21-/m0/s1. The highest BCUT2D eigenvalue weighted by molar-refractivity contribution is 7.99. The zero-order valence-corrected chi connectivity index (χ0v) is 20.1. The number of likely N-dealkylation sites (N-methyl/N-ethyl adjacent to an activating group) is 1. The fourth-order valence-corrected chi connectivity index (χ4v) is 5.01. The summed E-state index contributed by atoms with van der Waals surface area (Å²) in [6, 6.07) is 10.8. The lowest BCUT2D eigenvalue weighted by atomic mass is 10.1. The van der Waals surface area contributed by atoms with Gasteiger partial charge in [-0.05, 0) is 43.9 Å². The number of anilines is 1. The van der Waals surface area contributed by atoms with Gasteiger partial charge in [0.15, 0.2) is 6.10 Å². The molecule has 1 aliphatic heterocycles. The van der Waals surface area contributed by atoms with Gasteiger partial charge in [0, 0.05) is 24.9 Å². The lowest BCUT2D eigenvalue weighted by molar-refractivity contribution is -0.152. The highest BCUT2D eigenvalue weighted by atomic mass is 35.5. The molecule has 1 amide bonds. The van der Waals surface area contributed by atoms with E-state index in [0.717, 1.165) is 10.5 Å². The number of amides is 1. The molecule has 0 aromatic heterocycles. The molecule has 0 fully saturated rings. The third-order valence-corrected chi connectivity index (χ3v) is 6.92. The van der Waals surface area contributed by atoms with Crippen molar-refractivity contribution in [3.8, 4) is 5.75 Å². The van der Waals surface area contributed by atoms with Gasteiger partial charge in [-0.2, -0.15) is 0 Å². The molecular formula is C22H24Cl2N2O4S. The highest BCUT2D eigenvalue weighted by Gasteiger charge is 2.41. The fourth-order valence-electron chi connectivity index (χ4n) is 3.28. The van der Waals surface area contributed by atoms with Gasteiger partial charge in [-0.15, -0.1) is 11.8 Å². The van der Waals surface area contributed by atoms with Crippen LogP contribution in [0.3, 0.4) is 0 Å². The SMILES string of the molecule is COc1ccc([C@@H]2Sc3cc(Cl)c(Cl)cc3N(CCN(C)C)C(=O)C2OC(C)=O)cc1. The van der Waals surface area contributed by atoms with Crippen LogP contribution in [0.1, 0.15) is 17.7 Å². The second-order valence-electron chi connectivity index (χ2n) is 7.37. The number of thioether (sulfide) groups is 1. The molecule has 0 aliphatic carbocycles. The van der Waals surface area contributed by atoms with E-state index < -0.39 is 17.3 Å². The van der Waals surface area contributed by atoms with E-state index in [0.29, 0.717) is 34.6 Å². The van der Waals surface area contributed by atoms with Crippen molar-refractivity contribution < 1.29 is 19.1 Å². The molecule has 31 heavy (non-hydrogen) atoms. The minimum Gasteiger partial charge on any atom is -0.497 e. The lowest BCUT2D eigenvalue weighted by Crippen LogP contribution is -2.45. The van der Waals surface area contributed by atoms with Gasteiger partial charge in [0.2, 0.25) is 0 Å². The first-order valence-corrected chi connectivity index (χ1v) is 11.3. The molecule has 0 saturated carbocycles. The summed E-state index contributed by atoms with van der Waals surface area (Å²) in [5.74, 6) is -0.130. The highest BCUT2D eigenvalue weighted by Crippen LogP contribution is 2.49. The minimum absolute atomic E-state index is 0.303. The fraction of sp³-hybridized carbons (Fsp3) is 0.364. The number of ether oxygens (including phenoxy) is 2.